The van der Waals surface area contributed by atoms with E-state index in [1.807, 2.05) is 30.3 Å². The van der Waals surface area contributed by atoms with Crippen molar-refractivity contribution < 1.29 is 24.3 Å². The second kappa shape index (κ2) is 15.8. The third-order valence-electron chi connectivity index (χ3n) is 6.74. The number of hydrogen-bond donors (Lipinski definition) is 8. The minimum atomic E-state index is -1.20. The first-order valence-corrected chi connectivity index (χ1v) is 14.2. The SMILES string of the molecule is NCCCCC(NC(=O)C(CS)NC(=O)C(N)Cc1c[nH]c2ccccc12)C(=O)NC(Cc1ccccc1)C(=O)O. The molecule has 2 aromatic carbocycles. The number of benzene rings is 2. The molecule has 0 spiro atoms. The number of aromatic nitrogens is 1. The van der Waals surface area contributed by atoms with Crippen molar-refractivity contribution in [1.82, 2.24) is 20.9 Å². The predicted molar refractivity (Wildman–Crippen MR) is 160 cm³/mol. The largest absolute Gasteiger partial charge is 0.480 e. The van der Waals surface area contributed by atoms with Crippen LogP contribution in [0.5, 0.6) is 0 Å². The van der Waals surface area contributed by atoms with Gasteiger partial charge in [0.1, 0.15) is 18.1 Å². The van der Waals surface area contributed by atoms with E-state index in [2.05, 4.69) is 33.6 Å². The second-order valence-corrected chi connectivity index (χ2v) is 10.2. The average Bonchev–Trinajstić information content (AvgIpc) is 3.37. The number of unbranched alkanes of at least 4 members (excludes halogenated alkanes) is 1. The van der Waals surface area contributed by atoms with Gasteiger partial charge in [-0.25, -0.2) is 4.79 Å². The maximum atomic E-state index is 13.2. The summed E-state index contributed by atoms with van der Waals surface area (Å²) >= 11 is 4.22. The third-order valence-corrected chi connectivity index (χ3v) is 7.11. The highest BCUT2D eigenvalue weighted by atomic mass is 32.1. The van der Waals surface area contributed by atoms with Crippen LogP contribution in [0.3, 0.4) is 0 Å². The summed E-state index contributed by atoms with van der Waals surface area (Å²) in [6.07, 6.45) is 3.50. The number of carbonyl (C=O) groups excluding carboxylic acids is 3. The maximum Gasteiger partial charge on any atom is 0.326 e. The number of fused-ring (bicyclic) bond motifs is 1. The fraction of sp³-hybridized carbons (Fsp3) is 0.379. The summed E-state index contributed by atoms with van der Waals surface area (Å²) in [4.78, 5) is 54.2. The van der Waals surface area contributed by atoms with Crippen LogP contribution in [0.1, 0.15) is 30.4 Å². The number of aromatic amines is 1. The Morgan fingerprint density at radius 2 is 1.46 bits per heavy atom. The van der Waals surface area contributed by atoms with Gasteiger partial charge in [-0.3, -0.25) is 14.4 Å². The van der Waals surface area contributed by atoms with E-state index in [1.165, 1.54) is 0 Å². The summed E-state index contributed by atoms with van der Waals surface area (Å²) in [6, 6.07) is 12.3. The number of nitrogens with two attached hydrogens (primary N) is 2. The first kappa shape index (κ1) is 31.7. The van der Waals surface area contributed by atoms with Gasteiger partial charge in [0.2, 0.25) is 17.7 Å². The predicted octanol–water partition coefficient (Wildman–Crippen LogP) is 0.878. The highest BCUT2D eigenvalue weighted by molar-refractivity contribution is 7.80. The first-order valence-electron chi connectivity index (χ1n) is 13.5. The Kier molecular flexibility index (Phi) is 12.2. The monoisotopic (exact) mass is 582 g/mol. The van der Waals surface area contributed by atoms with E-state index in [1.54, 1.807) is 30.5 Å². The van der Waals surface area contributed by atoms with Gasteiger partial charge in [0.15, 0.2) is 0 Å². The minimum absolute atomic E-state index is 0.0414. The molecule has 12 heteroatoms. The number of amides is 3. The lowest BCUT2D eigenvalue weighted by molar-refractivity contribution is -0.142. The highest BCUT2D eigenvalue weighted by Gasteiger charge is 2.30. The number of nitrogens with one attached hydrogen (secondary N) is 4. The zero-order valence-corrected chi connectivity index (χ0v) is 23.6. The molecule has 4 unspecified atom stereocenters. The number of hydrogen-bond acceptors (Lipinski definition) is 7. The van der Waals surface area contributed by atoms with E-state index in [9.17, 15) is 24.3 Å². The van der Waals surface area contributed by atoms with Gasteiger partial charge in [0, 0.05) is 29.3 Å². The Morgan fingerprint density at radius 1 is 0.829 bits per heavy atom. The standard InChI is InChI=1S/C29H38N6O5S/c30-13-7-6-12-23(27(37)34-24(29(39)40)14-18-8-2-1-3-9-18)33-28(38)25(17-41)35-26(36)21(31)15-19-16-32-22-11-5-4-10-20(19)22/h1-5,8-11,16,21,23-25,32,41H,6-7,12-15,17,30-31H2,(H,33,38)(H,34,37)(H,35,36)(H,39,40). The molecule has 0 radical (unpaired) electrons. The number of para-hydroxylation sites is 1. The van der Waals surface area contributed by atoms with Gasteiger partial charge >= 0.3 is 5.97 Å². The smallest absolute Gasteiger partial charge is 0.326 e. The van der Waals surface area contributed by atoms with Crippen LogP contribution in [0, 0.1) is 0 Å². The molecule has 3 aromatic rings. The molecule has 0 aliphatic heterocycles. The van der Waals surface area contributed by atoms with Crippen molar-refractivity contribution in [3.63, 3.8) is 0 Å². The Balaban J connectivity index is 1.63. The zero-order chi connectivity index (χ0) is 29.8. The number of thiol groups is 1. The van der Waals surface area contributed by atoms with Gasteiger partial charge in [-0.1, -0.05) is 48.5 Å². The summed E-state index contributed by atoms with van der Waals surface area (Å²) in [5, 5.41) is 18.5. The van der Waals surface area contributed by atoms with Gasteiger partial charge in [0.25, 0.3) is 0 Å². The fourth-order valence-corrected chi connectivity index (χ4v) is 4.72. The van der Waals surface area contributed by atoms with Gasteiger partial charge in [0.05, 0.1) is 6.04 Å². The molecule has 1 heterocycles. The molecule has 220 valence electrons. The summed E-state index contributed by atoms with van der Waals surface area (Å²) < 4.78 is 0. The summed E-state index contributed by atoms with van der Waals surface area (Å²) in [6.45, 7) is 0.400. The number of carboxylic acids is 1. The van der Waals surface area contributed by atoms with Gasteiger partial charge in [-0.2, -0.15) is 12.6 Å². The van der Waals surface area contributed by atoms with Crippen LogP contribution in [-0.2, 0) is 32.0 Å². The Hall–Kier alpha value is -3.87. The minimum Gasteiger partial charge on any atom is -0.480 e. The summed E-state index contributed by atoms with van der Waals surface area (Å²) in [5.41, 5.74) is 14.3. The lowest BCUT2D eigenvalue weighted by Crippen LogP contribution is -2.58. The van der Waals surface area contributed by atoms with Crippen LogP contribution in [0.2, 0.25) is 0 Å². The molecule has 0 saturated carbocycles. The van der Waals surface area contributed by atoms with Crippen molar-refractivity contribution in [2.75, 3.05) is 12.3 Å². The Bertz CT molecular complexity index is 1320. The quantitative estimate of drug-likeness (QED) is 0.0907. The average molecular weight is 583 g/mol. The molecule has 0 fully saturated rings. The van der Waals surface area contributed by atoms with Crippen LogP contribution in [-0.4, -0.2) is 70.2 Å². The van der Waals surface area contributed by atoms with Crippen molar-refractivity contribution in [3.8, 4) is 0 Å². The van der Waals surface area contributed by atoms with Gasteiger partial charge in [-0.15, -0.1) is 0 Å². The number of H-pyrrole nitrogens is 1. The molecular formula is C29H38N6O5S. The van der Waals surface area contributed by atoms with Crippen LogP contribution in [0.25, 0.3) is 10.9 Å². The topological polar surface area (TPSA) is 192 Å². The van der Waals surface area contributed by atoms with Crippen LogP contribution in [0.15, 0.2) is 60.8 Å². The van der Waals surface area contributed by atoms with E-state index in [0.29, 0.717) is 19.4 Å². The molecule has 3 rings (SSSR count). The Labute approximate surface area is 244 Å². The molecule has 0 saturated heterocycles. The van der Waals surface area contributed by atoms with E-state index in [0.717, 1.165) is 22.0 Å². The van der Waals surface area contributed by atoms with Crippen molar-refractivity contribution in [1.29, 1.82) is 0 Å². The fourth-order valence-electron chi connectivity index (χ4n) is 4.46. The maximum absolute atomic E-state index is 13.2. The highest BCUT2D eigenvalue weighted by Crippen LogP contribution is 2.18. The van der Waals surface area contributed by atoms with Crippen LogP contribution < -0.4 is 27.4 Å². The molecule has 11 nitrogen and oxygen atoms in total. The lowest BCUT2D eigenvalue weighted by atomic mass is 10.0. The van der Waals surface area contributed by atoms with Crippen molar-refractivity contribution in [2.45, 2.75) is 56.3 Å². The summed E-state index contributed by atoms with van der Waals surface area (Å²) in [5.74, 6) is -3.05. The Morgan fingerprint density at radius 3 is 2.15 bits per heavy atom. The van der Waals surface area contributed by atoms with Crippen LogP contribution in [0.4, 0.5) is 0 Å². The molecule has 0 aliphatic rings. The third kappa shape index (κ3) is 9.34. The van der Waals surface area contributed by atoms with E-state index >= 15 is 0 Å². The van der Waals surface area contributed by atoms with Crippen molar-refractivity contribution in [3.05, 3.63) is 71.9 Å². The first-order chi connectivity index (χ1) is 19.7. The van der Waals surface area contributed by atoms with Crippen molar-refractivity contribution >= 4 is 47.2 Å². The van der Waals surface area contributed by atoms with E-state index < -0.39 is 47.9 Å². The number of carboxylic acid groups (broad SMARTS) is 1. The molecule has 0 bridgehead atoms. The van der Waals surface area contributed by atoms with Crippen molar-refractivity contribution in [2.24, 2.45) is 11.5 Å². The molecule has 41 heavy (non-hydrogen) atoms. The molecule has 0 aliphatic carbocycles. The normalized spacial score (nSPS) is 14.0. The zero-order valence-electron chi connectivity index (χ0n) is 22.7. The second-order valence-electron chi connectivity index (χ2n) is 9.85. The van der Waals surface area contributed by atoms with E-state index in [-0.39, 0.29) is 25.0 Å². The summed E-state index contributed by atoms with van der Waals surface area (Å²) in [7, 11) is 0. The molecule has 4 atom stereocenters. The number of carbonyl (C=O) groups is 4. The molecular weight excluding hydrogens is 544 g/mol. The van der Waals surface area contributed by atoms with E-state index in [4.69, 9.17) is 11.5 Å². The van der Waals surface area contributed by atoms with Gasteiger partial charge in [-0.05, 0) is 49.4 Å². The number of aliphatic carboxylic acids is 1. The number of rotatable bonds is 16. The molecule has 1 aromatic heterocycles. The van der Waals surface area contributed by atoms with Crippen LogP contribution >= 0.6 is 12.6 Å². The lowest BCUT2D eigenvalue weighted by Gasteiger charge is -2.24. The molecule has 9 N–H and O–H groups in total. The van der Waals surface area contributed by atoms with Gasteiger partial charge < -0.3 is 37.5 Å². The molecule has 3 amide bonds.